The van der Waals surface area contributed by atoms with Gasteiger partial charge in [0.05, 0.1) is 0 Å². The van der Waals surface area contributed by atoms with Gasteiger partial charge in [0.15, 0.2) is 0 Å². The number of allylic oxidation sites excluding steroid dienone is 3. The van der Waals surface area contributed by atoms with Crippen molar-refractivity contribution in [3.8, 4) is 0 Å². The molecule has 0 fully saturated rings. The molecule has 0 bridgehead atoms. The summed E-state index contributed by atoms with van der Waals surface area (Å²) >= 11 is 0. The number of hydrogen-bond acceptors (Lipinski definition) is 5. The van der Waals surface area contributed by atoms with Crippen molar-refractivity contribution in [3.63, 3.8) is 0 Å². The maximum absolute atomic E-state index is 5.99. The van der Waals surface area contributed by atoms with Crippen LogP contribution < -0.4 is 17.2 Å². The molecule has 0 aromatic rings. The fourth-order valence-electron chi connectivity index (χ4n) is 1.50. The Hall–Kier alpha value is -0.663. The summed E-state index contributed by atoms with van der Waals surface area (Å²) < 4.78 is 11.8. The van der Waals surface area contributed by atoms with Crippen LogP contribution in [0.2, 0.25) is 12.6 Å². The van der Waals surface area contributed by atoms with Gasteiger partial charge in [0.1, 0.15) is 11.5 Å². The third-order valence-electron chi connectivity index (χ3n) is 2.41. The third kappa shape index (κ3) is 7.62. The molecule has 5 nitrogen and oxygen atoms in total. The summed E-state index contributed by atoms with van der Waals surface area (Å²) in [5.74, 6) is -0.373. The zero-order valence-electron chi connectivity index (χ0n) is 11.9. The molecule has 1 atom stereocenters. The molecule has 0 radical (unpaired) electrons. The van der Waals surface area contributed by atoms with Crippen LogP contribution in [0.1, 0.15) is 27.2 Å². The first kappa shape index (κ1) is 17.3. The van der Waals surface area contributed by atoms with Gasteiger partial charge in [0.25, 0.3) is 0 Å². The van der Waals surface area contributed by atoms with Crippen molar-refractivity contribution in [1.82, 2.24) is 0 Å². The van der Waals surface area contributed by atoms with E-state index in [1.54, 1.807) is 0 Å². The summed E-state index contributed by atoms with van der Waals surface area (Å²) in [4.78, 5) is 0. The monoisotopic (exact) mass is 273 g/mol. The zero-order chi connectivity index (χ0) is 14.2. The van der Waals surface area contributed by atoms with Crippen LogP contribution in [0.15, 0.2) is 24.0 Å². The second-order valence-electron chi connectivity index (χ2n) is 4.47. The van der Waals surface area contributed by atoms with Gasteiger partial charge in [-0.15, -0.1) is 0 Å². The van der Waals surface area contributed by atoms with Gasteiger partial charge in [-0.05, 0) is 45.9 Å². The summed E-state index contributed by atoms with van der Waals surface area (Å²) in [5, 5.41) is 0. The lowest BCUT2D eigenvalue weighted by Crippen LogP contribution is -2.59. The lowest BCUT2D eigenvalue weighted by Gasteiger charge is -2.30. The van der Waals surface area contributed by atoms with Gasteiger partial charge >= 0.3 is 8.56 Å². The fourth-order valence-corrected chi connectivity index (χ4v) is 3.99. The van der Waals surface area contributed by atoms with Crippen LogP contribution >= 0.6 is 0 Å². The van der Waals surface area contributed by atoms with Crippen molar-refractivity contribution in [2.45, 2.75) is 45.6 Å². The van der Waals surface area contributed by atoms with Crippen LogP contribution in [-0.2, 0) is 8.85 Å². The summed E-state index contributed by atoms with van der Waals surface area (Å²) in [7, 11) is -2.34. The molecule has 0 heterocycles. The summed E-state index contributed by atoms with van der Waals surface area (Å²) in [6, 6.07) is 0.652. The molecule has 0 saturated heterocycles. The van der Waals surface area contributed by atoms with E-state index in [4.69, 9.17) is 26.1 Å². The van der Waals surface area contributed by atoms with Crippen LogP contribution in [0.5, 0.6) is 0 Å². The van der Waals surface area contributed by atoms with E-state index >= 15 is 0 Å². The molecule has 0 rings (SSSR count). The highest BCUT2D eigenvalue weighted by Crippen LogP contribution is 2.21. The SMILES string of the molecule is CC=CC(=CC)O[Si](C)(CCC(N)(N)N)OCC. The van der Waals surface area contributed by atoms with Crippen molar-refractivity contribution in [2.75, 3.05) is 6.61 Å². The molecule has 0 amide bonds. The molecule has 6 N–H and O–H groups in total. The van der Waals surface area contributed by atoms with Gasteiger partial charge in [-0.25, -0.2) is 0 Å². The Morgan fingerprint density at radius 1 is 1.28 bits per heavy atom. The second kappa shape index (κ2) is 7.70. The quantitative estimate of drug-likeness (QED) is 0.269. The first-order valence-electron chi connectivity index (χ1n) is 6.25. The Bertz CT molecular complexity index is 300. The zero-order valence-corrected chi connectivity index (χ0v) is 12.9. The molecule has 0 aromatic heterocycles. The molecule has 1 unspecified atom stereocenters. The van der Waals surface area contributed by atoms with Crippen molar-refractivity contribution >= 4 is 8.56 Å². The van der Waals surface area contributed by atoms with E-state index in [1.807, 2.05) is 45.5 Å². The normalized spacial score (nSPS) is 16.9. The maximum Gasteiger partial charge on any atom is 0.395 e. The van der Waals surface area contributed by atoms with Gasteiger partial charge in [-0.2, -0.15) is 0 Å². The molecule has 0 aliphatic rings. The number of rotatable bonds is 8. The van der Waals surface area contributed by atoms with E-state index in [2.05, 4.69) is 0 Å². The van der Waals surface area contributed by atoms with E-state index < -0.39 is 14.3 Å². The second-order valence-corrected chi connectivity index (χ2v) is 7.73. The topological polar surface area (TPSA) is 96.5 Å². The predicted molar refractivity (Wildman–Crippen MR) is 77.6 cm³/mol. The third-order valence-corrected chi connectivity index (χ3v) is 5.14. The Morgan fingerprint density at radius 3 is 2.28 bits per heavy atom. The van der Waals surface area contributed by atoms with Crippen molar-refractivity contribution in [3.05, 3.63) is 24.0 Å². The summed E-state index contributed by atoms with van der Waals surface area (Å²) in [5.41, 5.74) is 16.8. The molecule has 0 aliphatic heterocycles. The Labute approximate surface area is 111 Å². The fraction of sp³-hybridized carbons (Fsp3) is 0.667. The predicted octanol–water partition coefficient (Wildman–Crippen LogP) is 1.51. The molecule has 0 aliphatic carbocycles. The molecule has 18 heavy (non-hydrogen) atoms. The van der Waals surface area contributed by atoms with Gasteiger partial charge in [0.2, 0.25) is 0 Å². The average Bonchev–Trinajstić information content (AvgIpc) is 2.25. The van der Waals surface area contributed by atoms with E-state index in [1.165, 1.54) is 0 Å². The summed E-state index contributed by atoms with van der Waals surface area (Å²) in [6.07, 6.45) is 6.20. The highest BCUT2D eigenvalue weighted by molar-refractivity contribution is 6.66. The van der Waals surface area contributed by atoms with Crippen LogP contribution in [0.4, 0.5) is 0 Å². The molecule has 0 saturated carbocycles. The Balaban J connectivity index is 4.70. The minimum atomic E-state index is -2.34. The Kier molecular flexibility index (Phi) is 7.42. The highest BCUT2D eigenvalue weighted by Gasteiger charge is 2.35. The number of hydrogen-bond donors (Lipinski definition) is 3. The van der Waals surface area contributed by atoms with Crippen LogP contribution in [0.25, 0.3) is 0 Å². The molecule has 0 spiro atoms. The van der Waals surface area contributed by atoms with Gasteiger partial charge < -0.3 is 26.1 Å². The Morgan fingerprint density at radius 2 is 1.89 bits per heavy atom. The maximum atomic E-state index is 5.99. The highest BCUT2D eigenvalue weighted by atomic mass is 28.4. The minimum Gasteiger partial charge on any atom is -0.521 e. The number of nitrogens with two attached hydrogens (primary N) is 3. The van der Waals surface area contributed by atoms with E-state index in [0.717, 1.165) is 5.76 Å². The van der Waals surface area contributed by atoms with Crippen LogP contribution in [-0.4, -0.2) is 21.0 Å². The van der Waals surface area contributed by atoms with Gasteiger partial charge in [-0.1, -0.05) is 6.08 Å². The average molecular weight is 273 g/mol. The molecule has 0 aromatic carbocycles. The molecular formula is C12H27N3O2Si. The first-order chi connectivity index (χ1) is 8.26. The van der Waals surface area contributed by atoms with E-state index in [9.17, 15) is 0 Å². The minimum absolute atomic E-state index is 0.461. The van der Waals surface area contributed by atoms with Crippen LogP contribution in [0, 0.1) is 0 Å². The van der Waals surface area contributed by atoms with E-state index in [-0.39, 0.29) is 0 Å². The lowest BCUT2D eigenvalue weighted by atomic mass is 10.3. The summed E-state index contributed by atoms with van der Waals surface area (Å²) in [6.45, 7) is 8.41. The lowest BCUT2D eigenvalue weighted by molar-refractivity contribution is 0.221. The standard InChI is InChI=1S/C12H27N3O2Si/c1-5-8-11(6-2)17-18(4,16-7-3)10-9-12(13,14)15/h5-6,8H,7,9-10,13-15H2,1-4H3. The van der Waals surface area contributed by atoms with E-state index in [0.29, 0.717) is 19.1 Å². The van der Waals surface area contributed by atoms with Crippen molar-refractivity contribution in [1.29, 1.82) is 0 Å². The van der Waals surface area contributed by atoms with Crippen molar-refractivity contribution < 1.29 is 8.85 Å². The smallest absolute Gasteiger partial charge is 0.395 e. The van der Waals surface area contributed by atoms with Gasteiger partial charge in [-0.3, -0.25) is 0 Å². The molecular weight excluding hydrogens is 246 g/mol. The largest absolute Gasteiger partial charge is 0.521 e. The van der Waals surface area contributed by atoms with Crippen molar-refractivity contribution in [2.24, 2.45) is 17.2 Å². The first-order valence-corrected chi connectivity index (χ1v) is 8.77. The molecule has 6 heteroatoms. The van der Waals surface area contributed by atoms with Gasteiger partial charge in [0, 0.05) is 12.7 Å². The molecule has 106 valence electrons. The van der Waals surface area contributed by atoms with Crippen LogP contribution in [0.3, 0.4) is 0 Å².